The molecule has 1 rings (SSSR count). The third-order valence-electron chi connectivity index (χ3n) is 1.16. The summed E-state index contributed by atoms with van der Waals surface area (Å²) in [5.74, 6) is -0.712. The van der Waals surface area contributed by atoms with Crippen LogP contribution < -0.4 is 4.74 Å². The molecule has 0 aliphatic rings. The van der Waals surface area contributed by atoms with Gasteiger partial charge in [0, 0.05) is 12.3 Å². The summed E-state index contributed by atoms with van der Waals surface area (Å²) >= 11 is 0. The van der Waals surface area contributed by atoms with Gasteiger partial charge in [-0.3, -0.25) is 0 Å². The van der Waals surface area contributed by atoms with Crippen LogP contribution in [-0.2, 0) is 0 Å². The van der Waals surface area contributed by atoms with E-state index in [2.05, 4.69) is 9.72 Å². The van der Waals surface area contributed by atoms with Gasteiger partial charge in [0.2, 0.25) is 0 Å². The molecule has 1 heterocycles. The molecule has 4 heteroatoms. The maximum Gasteiger partial charge on any atom is 0.255 e. The summed E-state index contributed by atoms with van der Waals surface area (Å²) in [6.45, 7) is 0. The Morgan fingerprint density at radius 3 is 3.00 bits per heavy atom. The van der Waals surface area contributed by atoms with Crippen LogP contribution >= 0.6 is 0 Å². The van der Waals surface area contributed by atoms with Crippen LogP contribution in [0.15, 0.2) is 12.3 Å². The molecule has 0 bridgehead atoms. The molecule has 0 radical (unpaired) electrons. The van der Waals surface area contributed by atoms with Crippen molar-refractivity contribution in [2.75, 3.05) is 7.11 Å². The molecule has 0 aliphatic heterocycles. The van der Waals surface area contributed by atoms with Gasteiger partial charge in [-0.15, -0.1) is 0 Å². The minimum Gasteiger partial charge on any atom is -0.492 e. The Morgan fingerprint density at radius 2 is 2.45 bits per heavy atom. The zero-order chi connectivity index (χ0) is 8.27. The minimum absolute atomic E-state index is 0.0101. The van der Waals surface area contributed by atoms with Gasteiger partial charge in [0.15, 0.2) is 5.75 Å². The number of nitriles is 1. The van der Waals surface area contributed by atoms with Crippen LogP contribution in [0.4, 0.5) is 4.39 Å². The van der Waals surface area contributed by atoms with Crippen molar-refractivity contribution in [2.24, 2.45) is 0 Å². The smallest absolute Gasteiger partial charge is 0.255 e. The molecular weight excluding hydrogens is 147 g/mol. The molecule has 0 unspecified atom stereocenters. The average Bonchev–Trinajstić information content (AvgIpc) is 2.05. The van der Waals surface area contributed by atoms with Crippen LogP contribution in [0, 0.1) is 17.3 Å². The highest BCUT2D eigenvalue weighted by Gasteiger charge is 2.03. The Balaban J connectivity index is 3.15. The van der Waals surface area contributed by atoms with Crippen molar-refractivity contribution in [1.82, 2.24) is 4.98 Å². The van der Waals surface area contributed by atoms with Gasteiger partial charge >= 0.3 is 0 Å². The lowest BCUT2D eigenvalue weighted by Gasteiger charge is -1.98. The summed E-state index contributed by atoms with van der Waals surface area (Å²) in [7, 11) is 1.32. The molecule has 0 N–H and O–H groups in total. The van der Waals surface area contributed by atoms with E-state index in [1.165, 1.54) is 13.2 Å². The lowest BCUT2D eigenvalue weighted by atomic mass is 10.3. The first-order chi connectivity index (χ1) is 5.27. The fourth-order valence-electron chi connectivity index (χ4n) is 0.632. The Bertz CT molecular complexity index is 306. The summed E-state index contributed by atoms with van der Waals surface area (Å²) in [4.78, 5) is 3.31. The van der Waals surface area contributed by atoms with E-state index in [1.54, 1.807) is 0 Å². The number of pyridine rings is 1. The Kier molecular flexibility index (Phi) is 2.02. The molecular formula is C7H5FN2O. The Labute approximate surface area is 63.1 Å². The summed E-state index contributed by atoms with van der Waals surface area (Å²) in [6, 6.07) is 3.11. The third kappa shape index (κ3) is 1.44. The van der Waals surface area contributed by atoms with Crippen molar-refractivity contribution in [1.29, 1.82) is 5.26 Å². The number of aromatic nitrogens is 1. The molecule has 1 aromatic heterocycles. The standard InChI is InChI=1S/C7H5FN2O/c1-11-6-2-5(3-9)4-10-7(6)8/h2,4H,1H3. The second kappa shape index (κ2) is 2.97. The molecule has 0 aromatic carbocycles. The summed E-state index contributed by atoms with van der Waals surface area (Å²) in [5.41, 5.74) is 0.281. The van der Waals surface area contributed by atoms with Crippen molar-refractivity contribution in [2.45, 2.75) is 0 Å². The molecule has 0 atom stereocenters. The van der Waals surface area contributed by atoms with Crippen LogP contribution in [0.2, 0.25) is 0 Å². The van der Waals surface area contributed by atoms with Crippen molar-refractivity contribution in [3.8, 4) is 11.8 Å². The van der Waals surface area contributed by atoms with Gasteiger partial charge in [-0.2, -0.15) is 9.65 Å². The summed E-state index contributed by atoms with van der Waals surface area (Å²) in [5, 5.41) is 8.38. The van der Waals surface area contributed by atoms with Crippen LogP contribution in [0.1, 0.15) is 5.56 Å². The van der Waals surface area contributed by atoms with Gasteiger partial charge in [-0.05, 0) is 0 Å². The van der Waals surface area contributed by atoms with Crippen LogP contribution in [-0.4, -0.2) is 12.1 Å². The highest BCUT2D eigenvalue weighted by Crippen LogP contribution is 2.14. The van der Waals surface area contributed by atoms with Gasteiger partial charge in [0.05, 0.1) is 12.7 Å². The Morgan fingerprint density at radius 1 is 1.73 bits per heavy atom. The maximum atomic E-state index is 12.6. The van der Waals surface area contributed by atoms with Gasteiger partial charge in [0.1, 0.15) is 6.07 Å². The van der Waals surface area contributed by atoms with Crippen molar-refractivity contribution in [3.63, 3.8) is 0 Å². The highest BCUT2D eigenvalue weighted by molar-refractivity contribution is 5.33. The van der Waals surface area contributed by atoms with E-state index in [1.807, 2.05) is 6.07 Å². The zero-order valence-electron chi connectivity index (χ0n) is 5.84. The average molecular weight is 152 g/mol. The van der Waals surface area contributed by atoms with E-state index in [0.29, 0.717) is 0 Å². The molecule has 0 fully saturated rings. The molecule has 0 saturated heterocycles. The van der Waals surface area contributed by atoms with E-state index in [4.69, 9.17) is 5.26 Å². The van der Waals surface area contributed by atoms with Crippen LogP contribution in [0.25, 0.3) is 0 Å². The monoisotopic (exact) mass is 152 g/mol. The number of hydrogen-bond donors (Lipinski definition) is 0. The Hall–Kier alpha value is -1.63. The zero-order valence-corrected chi connectivity index (χ0v) is 5.84. The van der Waals surface area contributed by atoms with E-state index in [9.17, 15) is 4.39 Å². The van der Waals surface area contributed by atoms with E-state index in [-0.39, 0.29) is 11.3 Å². The molecule has 0 amide bonds. The number of nitrogens with zero attached hydrogens (tertiary/aromatic N) is 2. The van der Waals surface area contributed by atoms with Gasteiger partial charge in [0.25, 0.3) is 5.95 Å². The minimum atomic E-state index is -0.702. The molecule has 11 heavy (non-hydrogen) atoms. The molecule has 0 aliphatic carbocycles. The number of rotatable bonds is 1. The van der Waals surface area contributed by atoms with Crippen molar-refractivity contribution >= 4 is 0 Å². The van der Waals surface area contributed by atoms with Gasteiger partial charge in [-0.1, -0.05) is 0 Å². The van der Waals surface area contributed by atoms with Crippen LogP contribution in [0.5, 0.6) is 5.75 Å². The summed E-state index contributed by atoms with van der Waals surface area (Å²) in [6.07, 6.45) is 1.15. The quantitative estimate of drug-likeness (QED) is 0.566. The number of methoxy groups -OCH3 is 1. The molecule has 1 aromatic rings. The van der Waals surface area contributed by atoms with Gasteiger partial charge in [-0.25, -0.2) is 4.98 Å². The normalized spacial score (nSPS) is 8.82. The topological polar surface area (TPSA) is 45.9 Å². The van der Waals surface area contributed by atoms with E-state index >= 15 is 0 Å². The van der Waals surface area contributed by atoms with E-state index in [0.717, 1.165) is 6.20 Å². The number of halogens is 1. The lowest BCUT2D eigenvalue weighted by Crippen LogP contribution is -1.91. The first kappa shape index (κ1) is 7.48. The fraction of sp³-hybridized carbons (Fsp3) is 0.143. The second-order valence-corrected chi connectivity index (χ2v) is 1.83. The fourth-order valence-corrected chi connectivity index (χ4v) is 0.632. The lowest BCUT2D eigenvalue weighted by molar-refractivity contribution is 0.377. The molecule has 0 saturated carbocycles. The number of hydrogen-bond acceptors (Lipinski definition) is 3. The highest BCUT2D eigenvalue weighted by atomic mass is 19.1. The SMILES string of the molecule is COc1cc(C#N)cnc1F. The van der Waals surface area contributed by atoms with Crippen molar-refractivity contribution < 1.29 is 9.13 Å². The first-order valence-corrected chi connectivity index (χ1v) is 2.87. The van der Waals surface area contributed by atoms with E-state index < -0.39 is 5.95 Å². The largest absolute Gasteiger partial charge is 0.492 e. The predicted octanol–water partition coefficient (Wildman–Crippen LogP) is 1.10. The molecule has 56 valence electrons. The molecule has 0 spiro atoms. The molecule has 3 nitrogen and oxygen atoms in total. The third-order valence-corrected chi connectivity index (χ3v) is 1.16. The predicted molar refractivity (Wildman–Crippen MR) is 35.5 cm³/mol. The second-order valence-electron chi connectivity index (χ2n) is 1.83. The maximum absolute atomic E-state index is 12.6. The summed E-state index contributed by atoms with van der Waals surface area (Å²) < 4.78 is 17.2. The first-order valence-electron chi connectivity index (χ1n) is 2.87. The number of ether oxygens (including phenoxy) is 1. The van der Waals surface area contributed by atoms with Gasteiger partial charge < -0.3 is 4.74 Å². The van der Waals surface area contributed by atoms with Crippen molar-refractivity contribution in [3.05, 3.63) is 23.8 Å². The van der Waals surface area contributed by atoms with Crippen LogP contribution in [0.3, 0.4) is 0 Å².